The van der Waals surface area contributed by atoms with Crippen LogP contribution in [0.5, 0.6) is 0 Å². The predicted molar refractivity (Wildman–Crippen MR) is 66.7 cm³/mol. The van der Waals surface area contributed by atoms with Gasteiger partial charge in [-0.2, -0.15) is 0 Å². The zero-order valence-corrected chi connectivity index (χ0v) is 11.0. The number of rotatable bonds is 3. The van der Waals surface area contributed by atoms with Gasteiger partial charge in [0.25, 0.3) is 0 Å². The van der Waals surface area contributed by atoms with Gasteiger partial charge < -0.3 is 4.74 Å². The molecule has 0 aliphatic carbocycles. The third-order valence-electron chi connectivity index (χ3n) is 4.45. The fourth-order valence-electron chi connectivity index (χ4n) is 2.76. The van der Waals surface area contributed by atoms with E-state index in [-0.39, 0.29) is 0 Å². The molecule has 2 saturated heterocycles. The maximum absolute atomic E-state index is 5.42. The molecule has 0 saturated carbocycles. The number of ether oxygens (including phenoxy) is 1. The molecule has 0 amide bonds. The zero-order chi connectivity index (χ0) is 11.6. The minimum Gasteiger partial charge on any atom is -0.379 e. The van der Waals surface area contributed by atoms with Crippen LogP contribution >= 0.6 is 0 Å². The van der Waals surface area contributed by atoms with Crippen molar-refractivity contribution >= 4 is 0 Å². The summed E-state index contributed by atoms with van der Waals surface area (Å²) in [4.78, 5) is 5.28. The molecular formula is C13H26N2O. The summed E-state index contributed by atoms with van der Waals surface area (Å²) in [7, 11) is 0. The van der Waals surface area contributed by atoms with Crippen LogP contribution in [0, 0.1) is 0 Å². The smallest absolute Gasteiger partial charge is 0.0594 e. The lowest BCUT2D eigenvalue weighted by atomic mass is 10.00. The lowest BCUT2D eigenvalue weighted by Gasteiger charge is -2.37. The molecule has 3 nitrogen and oxygen atoms in total. The Hall–Kier alpha value is -0.120. The minimum atomic E-state index is 0.376. The van der Waals surface area contributed by atoms with E-state index in [1.165, 1.54) is 25.9 Å². The summed E-state index contributed by atoms with van der Waals surface area (Å²) in [6, 6.07) is 0.773. The first-order valence-electron chi connectivity index (χ1n) is 6.70. The Morgan fingerprint density at radius 3 is 2.50 bits per heavy atom. The van der Waals surface area contributed by atoms with E-state index in [2.05, 4.69) is 30.6 Å². The molecule has 0 aromatic rings. The SMILES string of the molecule is CCC(C)(C)N1CCC(N2CCOCC2)C1. The molecule has 2 heterocycles. The van der Waals surface area contributed by atoms with Crippen molar-refractivity contribution < 1.29 is 4.74 Å². The molecule has 2 fully saturated rings. The molecule has 2 aliphatic rings. The fraction of sp³-hybridized carbons (Fsp3) is 1.00. The van der Waals surface area contributed by atoms with Crippen LogP contribution in [-0.4, -0.2) is 60.8 Å². The van der Waals surface area contributed by atoms with Gasteiger partial charge in [0.05, 0.1) is 13.2 Å². The van der Waals surface area contributed by atoms with E-state index in [4.69, 9.17) is 4.74 Å². The molecule has 16 heavy (non-hydrogen) atoms. The van der Waals surface area contributed by atoms with Crippen molar-refractivity contribution in [2.24, 2.45) is 0 Å². The summed E-state index contributed by atoms with van der Waals surface area (Å²) in [5, 5.41) is 0. The van der Waals surface area contributed by atoms with Gasteiger partial charge in [-0.05, 0) is 26.7 Å². The van der Waals surface area contributed by atoms with Crippen LogP contribution < -0.4 is 0 Å². The Morgan fingerprint density at radius 2 is 1.88 bits per heavy atom. The minimum absolute atomic E-state index is 0.376. The Labute approximate surface area is 99.7 Å². The predicted octanol–water partition coefficient (Wildman–Crippen LogP) is 1.58. The maximum Gasteiger partial charge on any atom is 0.0594 e. The molecule has 0 N–H and O–H groups in total. The van der Waals surface area contributed by atoms with Crippen LogP contribution in [0.4, 0.5) is 0 Å². The highest BCUT2D eigenvalue weighted by Gasteiger charge is 2.34. The first-order valence-corrected chi connectivity index (χ1v) is 6.70. The van der Waals surface area contributed by atoms with Crippen LogP contribution in [0.1, 0.15) is 33.6 Å². The highest BCUT2D eigenvalue weighted by atomic mass is 16.5. The second kappa shape index (κ2) is 5.03. The van der Waals surface area contributed by atoms with E-state index in [0.29, 0.717) is 5.54 Å². The van der Waals surface area contributed by atoms with Gasteiger partial charge in [0, 0.05) is 37.8 Å². The van der Waals surface area contributed by atoms with Crippen molar-refractivity contribution in [3.05, 3.63) is 0 Å². The highest BCUT2D eigenvalue weighted by Crippen LogP contribution is 2.26. The molecule has 1 unspecified atom stereocenters. The largest absolute Gasteiger partial charge is 0.379 e. The number of morpholine rings is 1. The molecule has 0 bridgehead atoms. The number of likely N-dealkylation sites (tertiary alicyclic amines) is 1. The molecule has 0 aromatic heterocycles. The van der Waals surface area contributed by atoms with Gasteiger partial charge in [-0.15, -0.1) is 0 Å². The monoisotopic (exact) mass is 226 g/mol. The van der Waals surface area contributed by atoms with E-state index in [1.807, 2.05) is 0 Å². The highest BCUT2D eigenvalue weighted by molar-refractivity contribution is 4.91. The molecular weight excluding hydrogens is 200 g/mol. The van der Waals surface area contributed by atoms with Crippen LogP contribution in [0.2, 0.25) is 0 Å². The van der Waals surface area contributed by atoms with Crippen LogP contribution in [0.25, 0.3) is 0 Å². The molecule has 94 valence electrons. The summed E-state index contributed by atoms with van der Waals surface area (Å²) in [6.07, 6.45) is 2.58. The number of hydrogen-bond donors (Lipinski definition) is 0. The molecule has 3 heteroatoms. The maximum atomic E-state index is 5.42. The van der Waals surface area contributed by atoms with Crippen molar-refractivity contribution in [2.45, 2.75) is 45.2 Å². The van der Waals surface area contributed by atoms with E-state index >= 15 is 0 Å². The van der Waals surface area contributed by atoms with Gasteiger partial charge in [-0.25, -0.2) is 0 Å². The summed E-state index contributed by atoms with van der Waals surface area (Å²) in [6.45, 7) is 13.7. The summed E-state index contributed by atoms with van der Waals surface area (Å²) < 4.78 is 5.42. The van der Waals surface area contributed by atoms with Crippen molar-refractivity contribution in [3.8, 4) is 0 Å². The number of hydrogen-bond acceptors (Lipinski definition) is 3. The topological polar surface area (TPSA) is 15.7 Å². The van der Waals surface area contributed by atoms with E-state index in [0.717, 1.165) is 32.3 Å². The van der Waals surface area contributed by atoms with Crippen molar-refractivity contribution in [2.75, 3.05) is 39.4 Å². The van der Waals surface area contributed by atoms with Gasteiger partial charge in [0.1, 0.15) is 0 Å². The average molecular weight is 226 g/mol. The first kappa shape index (κ1) is 12.3. The van der Waals surface area contributed by atoms with E-state index in [9.17, 15) is 0 Å². The molecule has 1 atom stereocenters. The Morgan fingerprint density at radius 1 is 1.19 bits per heavy atom. The van der Waals surface area contributed by atoms with Crippen LogP contribution in [-0.2, 0) is 4.74 Å². The standard InChI is InChI=1S/C13H26N2O/c1-4-13(2,3)15-6-5-12(11-15)14-7-9-16-10-8-14/h12H,4-11H2,1-3H3. The molecule has 2 aliphatic heterocycles. The van der Waals surface area contributed by atoms with Gasteiger partial charge in [0.15, 0.2) is 0 Å². The average Bonchev–Trinajstić information content (AvgIpc) is 2.80. The third-order valence-corrected chi connectivity index (χ3v) is 4.45. The fourth-order valence-corrected chi connectivity index (χ4v) is 2.76. The van der Waals surface area contributed by atoms with Crippen LogP contribution in [0.15, 0.2) is 0 Å². The third kappa shape index (κ3) is 2.58. The Balaban J connectivity index is 1.87. The van der Waals surface area contributed by atoms with Gasteiger partial charge in [0.2, 0.25) is 0 Å². The first-order chi connectivity index (χ1) is 7.63. The zero-order valence-electron chi connectivity index (χ0n) is 11.0. The molecule has 2 rings (SSSR count). The summed E-state index contributed by atoms with van der Waals surface area (Å²) in [5.41, 5.74) is 0.376. The lowest BCUT2D eigenvalue weighted by molar-refractivity contribution is 0.0156. The Bertz CT molecular complexity index is 224. The summed E-state index contributed by atoms with van der Waals surface area (Å²) in [5.74, 6) is 0. The van der Waals surface area contributed by atoms with Gasteiger partial charge in [-0.1, -0.05) is 6.92 Å². The van der Waals surface area contributed by atoms with Crippen molar-refractivity contribution in [3.63, 3.8) is 0 Å². The quantitative estimate of drug-likeness (QED) is 0.727. The van der Waals surface area contributed by atoms with E-state index < -0.39 is 0 Å². The van der Waals surface area contributed by atoms with Gasteiger partial charge >= 0.3 is 0 Å². The normalized spacial score (nSPS) is 29.8. The van der Waals surface area contributed by atoms with Crippen molar-refractivity contribution in [1.82, 2.24) is 9.80 Å². The number of nitrogens with zero attached hydrogens (tertiary/aromatic N) is 2. The molecule has 0 radical (unpaired) electrons. The second-order valence-electron chi connectivity index (χ2n) is 5.70. The lowest BCUT2D eigenvalue weighted by Crippen LogP contribution is -2.47. The molecule has 0 spiro atoms. The molecule has 0 aromatic carbocycles. The van der Waals surface area contributed by atoms with Crippen LogP contribution in [0.3, 0.4) is 0 Å². The van der Waals surface area contributed by atoms with E-state index in [1.54, 1.807) is 0 Å². The summed E-state index contributed by atoms with van der Waals surface area (Å²) >= 11 is 0. The van der Waals surface area contributed by atoms with Crippen molar-refractivity contribution in [1.29, 1.82) is 0 Å². The Kier molecular flexibility index (Phi) is 3.88. The van der Waals surface area contributed by atoms with Gasteiger partial charge in [-0.3, -0.25) is 9.80 Å². The second-order valence-corrected chi connectivity index (χ2v) is 5.70.